The lowest BCUT2D eigenvalue weighted by Crippen LogP contribution is -2.00. The van der Waals surface area contributed by atoms with Crippen molar-refractivity contribution < 1.29 is 0 Å². The van der Waals surface area contributed by atoms with Gasteiger partial charge in [-0.3, -0.25) is 0 Å². The second-order valence-corrected chi connectivity index (χ2v) is 3.40. The lowest BCUT2D eigenvalue weighted by molar-refractivity contribution is 0.782. The first-order chi connectivity index (χ1) is 7.22. The molecule has 2 rings (SSSR count). The predicted octanol–water partition coefficient (Wildman–Crippen LogP) is 1.50. The summed E-state index contributed by atoms with van der Waals surface area (Å²) in [5.74, 6) is 0. The van der Waals surface area contributed by atoms with Gasteiger partial charge in [0.05, 0.1) is 17.3 Å². The number of rotatable bonds is 1. The third-order valence-corrected chi connectivity index (χ3v) is 2.31. The third kappa shape index (κ3) is 1.65. The lowest BCUT2D eigenvalue weighted by atomic mass is 10.1. The number of benzene rings is 1. The first kappa shape index (κ1) is 9.55. The molecule has 0 aliphatic rings. The largest absolute Gasteiger partial charge is 0.242 e. The molecule has 1 heterocycles. The molecular weight excluding hydrogens is 210 g/mol. The molecular formula is C9H7N5S. The van der Waals surface area contributed by atoms with Gasteiger partial charge in [-0.15, -0.1) is 0 Å². The highest BCUT2D eigenvalue weighted by Gasteiger charge is 2.04. The van der Waals surface area contributed by atoms with Gasteiger partial charge in [-0.2, -0.15) is 10.5 Å². The molecule has 15 heavy (non-hydrogen) atoms. The second kappa shape index (κ2) is 3.63. The predicted molar refractivity (Wildman–Crippen MR) is 56.0 cm³/mol. The molecule has 0 fully saturated rings. The summed E-state index contributed by atoms with van der Waals surface area (Å²) >= 11 is 4.98. The summed E-state index contributed by atoms with van der Waals surface area (Å²) in [4.78, 5) is 0. The Hall–Kier alpha value is -2.00. The first-order valence-electron chi connectivity index (χ1n) is 4.23. The summed E-state index contributed by atoms with van der Waals surface area (Å²) in [5.41, 5.74) is 2.37. The second-order valence-electron chi connectivity index (χ2n) is 3.03. The number of H-pyrrole nitrogens is 1. The highest BCUT2D eigenvalue weighted by molar-refractivity contribution is 7.71. The minimum atomic E-state index is 0.341. The van der Waals surface area contributed by atoms with E-state index in [1.807, 2.05) is 13.0 Å². The minimum absolute atomic E-state index is 0.341. The average molecular weight is 217 g/mol. The van der Waals surface area contributed by atoms with Crippen LogP contribution in [0.4, 0.5) is 0 Å². The van der Waals surface area contributed by atoms with E-state index in [1.165, 1.54) is 0 Å². The van der Waals surface area contributed by atoms with Crippen molar-refractivity contribution in [3.63, 3.8) is 0 Å². The molecule has 1 aromatic carbocycles. The zero-order chi connectivity index (χ0) is 10.8. The van der Waals surface area contributed by atoms with Crippen molar-refractivity contribution in [2.75, 3.05) is 0 Å². The molecule has 5 nitrogen and oxygen atoms in total. The van der Waals surface area contributed by atoms with E-state index < -0.39 is 0 Å². The van der Waals surface area contributed by atoms with E-state index in [9.17, 15) is 0 Å². The molecule has 0 atom stereocenters. The molecule has 6 heteroatoms. The van der Waals surface area contributed by atoms with E-state index >= 15 is 0 Å². The van der Waals surface area contributed by atoms with Gasteiger partial charge < -0.3 is 0 Å². The Morgan fingerprint density at radius 1 is 1.53 bits per heavy atom. The van der Waals surface area contributed by atoms with Crippen molar-refractivity contribution in [2.24, 2.45) is 0 Å². The van der Waals surface area contributed by atoms with Crippen LogP contribution in [0.2, 0.25) is 0 Å². The van der Waals surface area contributed by atoms with E-state index in [1.54, 1.807) is 16.8 Å². The highest BCUT2D eigenvalue weighted by atomic mass is 32.1. The van der Waals surface area contributed by atoms with Gasteiger partial charge in [0.2, 0.25) is 4.77 Å². The molecule has 0 amide bonds. The number of nitriles is 1. The molecule has 1 aromatic heterocycles. The van der Waals surface area contributed by atoms with Crippen molar-refractivity contribution in [1.29, 1.82) is 5.26 Å². The van der Waals surface area contributed by atoms with Crippen LogP contribution in [-0.2, 0) is 0 Å². The fraction of sp³-hybridized carbons (Fsp3) is 0.111. The average Bonchev–Trinajstić information content (AvgIpc) is 2.65. The van der Waals surface area contributed by atoms with E-state index in [0.717, 1.165) is 11.3 Å². The SMILES string of the molecule is Cc1ccc(C#N)cc1-n1[nH]nnc1=S. The summed E-state index contributed by atoms with van der Waals surface area (Å²) in [6.07, 6.45) is 0. The Morgan fingerprint density at radius 3 is 2.93 bits per heavy atom. The Kier molecular flexibility index (Phi) is 2.31. The van der Waals surface area contributed by atoms with Crippen molar-refractivity contribution in [2.45, 2.75) is 6.92 Å². The number of aryl methyl sites for hydroxylation is 1. The summed E-state index contributed by atoms with van der Waals surface area (Å²) < 4.78 is 1.90. The Morgan fingerprint density at radius 2 is 2.33 bits per heavy atom. The molecule has 0 radical (unpaired) electrons. The molecule has 0 aliphatic heterocycles. The van der Waals surface area contributed by atoms with Crippen LogP contribution in [0.5, 0.6) is 0 Å². The van der Waals surface area contributed by atoms with E-state index in [2.05, 4.69) is 21.6 Å². The number of nitrogens with zero attached hydrogens (tertiary/aromatic N) is 4. The van der Waals surface area contributed by atoms with Crippen LogP contribution in [0, 0.1) is 23.0 Å². The van der Waals surface area contributed by atoms with Gasteiger partial charge in [0.25, 0.3) is 0 Å². The molecule has 0 spiro atoms. The van der Waals surface area contributed by atoms with E-state index in [0.29, 0.717) is 10.3 Å². The maximum atomic E-state index is 8.79. The number of nitrogens with one attached hydrogen (secondary N) is 1. The van der Waals surface area contributed by atoms with Crippen LogP contribution in [-0.4, -0.2) is 20.2 Å². The quantitative estimate of drug-likeness (QED) is 0.735. The van der Waals surface area contributed by atoms with Crippen LogP contribution in [0.25, 0.3) is 5.69 Å². The monoisotopic (exact) mass is 217 g/mol. The molecule has 1 N–H and O–H groups in total. The normalized spacial score (nSPS) is 9.87. The van der Waals surface area contributed by atoms with E-state index in [4.69, 9.17) is 17.5 Å². The molecule has 0 bridgehead atoms. The smallest absolute Gasteiger partial charge is 0.209 e. The summed E-state index contributed by atoms with van der Waals surface area (Å²) in [6.45, 7) is 1.93. The van der Waals surface area contributed by atoms with Gasteiger partial charge in [0, 0.05) is 0 Å². The van der Waals surface area contributed by atoms with Gasteiger partial charge >= 0.3 is 0 Å². The topological polar surface area (TPSA) is 70.3 Å². The van der Waals surface area contributed by atoms with Crippen LogP contribution in [0.1, 0.15) is 11.1 Å². The molecule has 0 aliphatic carbocycles. The maximum Gasteiger partial charge on any atom is 0.242 e. The van der Waals surface area contributed by atoms with Crippen molar-refractivity contribution in [3.8, 4) is 11.8 Å². The molecule has 0 unspecified atom stereocenters. The van der Waals surface area contributed by atoms with Gasteiger partial charge in [-0.05, 0) is 36.8 Å². The van der Waals surface area contributed by atoms with Crippen LogP contribution in [0.3, 0.4) is 0 Å². The minimum Gasteiger partial charge on any atom is -0.209 e. The van der Waals surface area contributed by atoms with Crippen LogP contribution in [0.15, 0.2) is 18.2 Å². The van der Waals surface area contributed by atoms with Crippen molar-refractivity contribution in [1.82, 2.24) is 20.2 Å². The Balaban J connectivity index is 2.68. The fourth-order valence-electron chi connectivity index (χ4n) is 1.27. The number of aromatic amines is 1. The van der Waals surface area contributed by atoms with Crippen LogP contribution >= 0.6 is 12.2 Å². The Bertz CT molecular complexity index is 589. The molecule has 0 saturated heterocycles. The number of hydrogen-bond acceptors (Lipinski definition) is 4. The van der Waals surface area contributed by atoms with Gasteiger partial charge in [-0.1, -0.05) is 16.4 Å². The molecule has 74 valence electrons. The van der Waals surface area contributed by atoms with Crippen molar-refractivity contribution in [3.05, 3.63) is 34.1 Å². The van der Waals surface area contributed by atoms with Crippen LogP contribution < -0.4 is 0 Å². The summed E-state index contributed by atoms with van der Waals surface area (Å²) in [6, 6.07) is 7.43. The number of aromatic nitrogens is 4. The van der Waals surface area contributed by atoms with Gasteiger partial charge in [-0.25, -0.2) is 4.68 Å². The number of tetrazole rings is 1. The molecule has 2 aromatic rings. The zero-order valence-corrected chi connectivity index (χ0v) is 8.75. The maximum absolute atomic E-state index is 8.79. The number of hydrogen-bond donors (Lipinski definition) is 1. The van der Waals surface area contributed by atoms with E-state index in [-0.39, 0.29) is 0 Å². The van der Waals surface area contributed by atoms with Gasteiger partial charge in [0.1, 0.15) is 0 Å². The summed E-state index contributed by atoms with van der Waals surface area (Å²) in [5, 5.41) is 18.7. The zero-order valence-electron chi connectivity index (χ0n) is 7.93. The van der Waals surface area contributed by atoms with Crippen molar-refractivity contribution >= 4 is 12.2 Å². The lowest BCUT2D eigenvalue weighted by Gasteiger charge is -2.04. The highest BCUT2D eigenvalue weighted by Crippen LogP contribution is 2.14. The standard InChI is InChI=1S/C9H7N5S/c1-6-2-3-7(5-10)4-8(6)14-9(15)11-12-13-14/h2-4H,1H3,(H,11,13,15). The molecule has 0 saturated carbocycles. The summed E-state index contributed by atoms with van der Waals surface area (Å²) in [7, 11) is 0. The first-order valence-corrected chi connectivity index (χ1v) is 4.64. The van der Waals surface area contributed by atoms with Gasteiger partial charge in [0.15, 0.2) is 0 Å². The third-order valence-electron chi connectivity index (χ3n) is 2.05. The fourth-order valence-corrected chi connectivity index (χ4v) is 1.45. The Labute approximate surface area is 91.0 Å².